The summed E-state index contributed by atoms with van der Waals surface area (Å²) in [7, 11) is 1.74. The summed E-state index contributed by atoms with van der Waals surface area (Å²) in [6, 6.07) is 1.92. The molecule has 0 aromatic carbocycles. The number of hydrogen-bond donors (Lipinski definition) is 1. The smallest absolute Gasteiger partial charge is 0.293 e. The molecule has 2 N–H and O–H groups in total. The number of anilines is 3. The minimum atomic E-state index is -0.0608. The lowest BCUT2D eigenvalue weighted by molar-refractivity contribution is 0.639. The number of rotatable bonds is 2. The van der Waals surface area contributed by atoms with Gasteiger partial charge in [0.05, 0.1) is 17.6 Å². The zero-order valence-electron chi connectivity index (χ0n) is 11.9. The van der Waals surface area contributed by atoms with E-state index in [1.54, 1.807) is 36.4 Å². The first-order valence-electron chi connectivity index (χ1n) is 6.88. The van der Waals surface area contributed by atoms with Gasteiger partial charge in [0.2, 0.25) is 0 Å². The Morgan fingerprint density at radius 1 is 1.14 bits per heavy atom. The van der Waals surface area contributed by atoms with Crippen LogP contribution in [0.1, 0.15) is 0 Å². The summed E-state index contributed by atoms with van der Waals surface area (Å²) in [5.74, 6) is 0.516. The second kappa shape index (κ2) is 5.43. The van der Waals surface area contributed by atoms with E-state index in [-0.39, 0.29) is 5.56 Å². The summed E-state index contributed by atoms with van der Waals surface area (Å²) in [6.07, 6.45) is 6.73. The summed E-state index contributed by atoms with van der Waals surface area (Å²) in [5.41, 5.74) is 7.58. The number of aryl methyl sites for hydroxylation is 1. The monoisotopic (exact) mass is 286 g/mol. The topological polar surface area (TPSA) is 80.3 Å². The molecule has 7 nitrogen and oxygen atoms in total. The highest BCUT2D eigenvalue weighted by molar-refractivity contribution is 5.66. The van der Waals surface area contributed by atoms with E-state index in [1.807, 2.05) is 11.0 Å². The van der Waals surface area contributed by atoms with Crippen LogP contribution in [0.4, 0.5) is 17.2 Å². The van der Waals surface area contributed by atoms with Crippen molar-refractivity contribution in [2.45, 2.75) is 0 Å². The lowest BCUT2D eigenvalue weighted by atomic mass is 10.2. The molecule has 1 saturated heterocycles. The van der Waals surface area contributed by atoms with Crippen LogP contribution in [0.5, 0.6) is 0 Å². The van der Waals surface area contributed by atoms with Crippen LogP contribution < -0.4 is 21.1 Å². The molecule has 0 bridgehead atoms. The van der Waals surface area contributed by atoms with Crippen molar-refractivity contribution in [3.8, 4) is 0 Å². The first-order valence-corrected chi connectivity index (χ1v) is 6.88. The standard InChI is InChI=1S/C14H18N6O/c1-18-5-4-17-13(14(18)21)20-8-6-19(7-9-20)12-2-3-16-10-11(12)15/h2-5,10H,6-9,15H2,1H3. The van der Waals surface area contributed by atoms with Crippen LogP contribution in [0.25, 0.3) is 0 Å². The molecule has 1 aliphatic heterocycles. The van der Waals surface area contributed by atoms with Gasteiger partial charge in [0.1, 0.15) is 0 Å². The van der Waals surface area contributed by atoms with E-state index in [9.17, 15) is 4.79 Å². The molecule has 3 heterocycles. The van der Waals surface area contributed by atoms with Crippen LogP contribution in [0.3, 0.4) is 0 Å². The fourth-order valence-electron chi connectivity index (χ4n) is 2.55. The third-order valence-electron chi connectivity index (χ3n) is 3.75. The summed E-state index contributed by atoms with van der Waals surface area (Å²) >= 11 is 0. The molecule has 21 heavy (non-hydrogen) atoms. The molecule has 0 unspecified atom stereocenters. The Morgan fingerprint density at radius 2 is 1.86 bits per heavy atom. The van der Waals surface area contributed by atoms with E-state index >= 15 is 0 Å². The Bertz CT molecular complexity index is 690. The number of nitrogen functional groups attached to an aromatic ring is 1. The van der Waals surface area contributed by atoms with Crippen LogP contribution in [0, 0.1) is 0 Å². The Hall–Kier alpha value is -2.57. The van der Waals surface area contributed by atoms with Gasteiger partial charge in [-0.25, -0.2) is 4.98 Å². The molecule has 0 aliphatic carbocycles. The SMILES string of the molecule is Cn1ccnc(N2CCN(c3ccncc3N)CC2)c1=O. The minimum Gasteiger partial charge on any atom is -0.396 e. The number of nitrogens with zero attached hydrogens (tertiary/aromatic N) is 5. The maximum atomic E-state index is 12.1. The van der Waals surface area contributed by atoms with Gasteiger partial charge in [-0.3, -0.25) is 9.78 Å². The lowest BCUT2D eigenvalue weighted by Crippen LogP contribution is -2.48. The van der Waals surface area contributed by atoms with Gasteiger partial charge in [0.25, 0.3) is 5.56 Å². The molecule has 7 heteroatoms. The quantitative estimate of drug-likeness (QED) is 0.842. The van der Waals surface area contributed by atoms with E-state index in [0.29, 0.717) is 11.5 Å². The molecule has 0 amide bonds. The van der Waals surface area contributed by atoms with Crippen LogP contribution in [0.2, 0.25) is 0 Å². The fraction of sp³-hybridized carbons (Fsp3) is 0.357. The van der Waals surface area contributed by atoms with E-state index in [4.69, 9.17) is 5.73 Å². The zero-order chi connectivity index (χ0) is 14.8. The van der Waals surface area contributed by atoms with Crippen molar-refractivity contribution >= 4 is 17.2 Å². The molecule has 2 aromatic rings. The van der Waals surface area contributed by atoms with Gasteiger partial charge in [0, 0.05) is 51.8 Å². The Balaban J connectivity index is 1.75. The van der Waals surface area contributed by atoms with Crippen LogP contribution in [-0.2, 0) is 7.05 Å². The van der Waals surface area contributed by atoms with Gasteiger partial charge in [-0.1, -0.05) is 0 Å². The first-order chi connectivity index (χ1) is 10.2. The van der Waals surface area contributed by atoms with Crippen molar-refractivity contribution in [1.29, 1.82) is 0 Å². The predicted octanol–water partition coefficient (Wildman–Crippen LogP) is 0.0841. The molecule has 0 saturated carbocycles. The third-order valence-corrected chi connectivity index (χ3v) is 3.75. The lowest BCUT2D eigenvalue weighted by Gasteiger charge is -2.36. The molecule has 2 aromatic heterocycles. The zero-order valence-corrected chi connectivity index (χ0v) is 11.9. The van der Waals surface area contributed by atoms with Gasteiger partial charge in [-0.15, -0.1) is 0 Å². The average molecular weight is 286 g/mol. The van der Waals surface area contributed by atoms with E-state index < -0.39 is 0 Å². The van der Waals surface area contributed by atoms with Gasteiger partial charge in [-0.05, 0) is 6.07 Å². The van der Waals surface area contributed by atoms with Crippen molar-refractivity contribution in [3.05, 3.63) is 41.2 Å². The second-order valence-corrected chi connectivity index (χ2v) is 5.08. The van der Waals surface area contributed by atoms with Gasteiger partial charge < -0.3 is 20.1 Å². The van der Waals surface area contributed by atoms with Gasteiger partial charge in [0.15, 0.2) is 5.82 Å². The van der Waals surface area contributed by atoms with E-state index in [0.717, 1.165) is 31.9 Å². The van der Waals surface area contributed by atoms with Crippen molar-refractivity contribution in [2.24, 2.45) is 7.05 Å². The number of aromatic nitrogens is 3. The summed E-state index contributed by atoms with van der Waals surface area (Å²) in [4.78, 5) is 24.5. The van der Waals surface area contributed by atoms with Crippen molar-refractivity contribution in [2.75, 3.05) is 41.7 Å². The Labute approximate surface area is 122 Å². The van der Waals surface area contributed by atoms with Gasteiger partial charge >= 0.3 is 0 Å². The minimum absolute atomic E-state index is 0.0608. The first kappa shape index (κ1) is 13.4. The van der Waals surface area contributed by atoms with Gasteiger partial charge in [-0.2, -0.15) is 0 Å². The second-order valence-electron chi connectivity index (χ2n) is 5.08. The number of nitrogens with two attached hydrogens (primary N) is 1. The summed E-state index contributed by atoms with van der Waals surface area (Å²) < 4.78 is 1.55. The number of piperazine rings is 1. The summed E-state index contributed by atoms with van der Waals surface area (Å²) in [6.45, 7) is 3.09. The van der Waals surface area contributed by atoms with E-state index in [2.05, 4.69) is 14.9 Å². The van der Waals surface area contributed by atoms with E-state index in [1.165, 1.54) is 0 Å². The predicted molar refractivity (Wildman–Crippen MR) is 82.6 cm³/mol. The molecule has 1 aliphatic rings. The average Bonchev–Trinajstić information content (AvgIpc) is 2.51. The van der Waals surface area contributed by atoms with Crippen LogP contribution >= 0.6 is 0 Å². The summed E-state index contributed by atoms with van der Waals surface area (Å²) in [5, 5.41) is 0. The Kier molecular flexibility index (Phi) is 3.47. The maximum Gasteiger partial charge on any atom is 0.293 e. The molecule has 0 radical (unpaired) electrons. The maximum absolute atomic E-state index is 12.1. The number of hydrogen-bond acceptors (Lipinski definition) is 6. The third kappa shape index (κ3) is 2.54. The number of pyridine rings is 1. The van der Waals surface area contributed by atoms with Crippen LogP contribution in [0.15, 0.2) is 35.6 Å². The molecule has 110 valence electrons. The normalized spacial score (nSPS) is 15.3. The largest absolute Gasteiger partial charge is 0.396 e. The molecular formula is C14H18N6O. The highest BCUT2D eigenvalue weighted by atomic mass is 16.1. The molecule has 0 spiro atoms. The van der Waals surface area contributed by atoms with Crippen molar-refractivity contribution < 1.29 is 0 Å². The Morgan fingerprint density at radius 3 is 2.57 bits per heavy atom. The molecule has 3 rings (SSSR count). The highest BCUT2D eigenvalue weighted by Crippen LogP contribution is 2.23. The molecule has 1 fully saturated rings. The van der Waals surface area contributed by atoms with Crippen LogP contribution in [-0.4, -0.2) is 40.7 Å². The fourth-order valence-corrected chi connectivity index (χ4v) is 2.55. The van der Waals surface area contributed by atoms with Crippen molar-refractivity contribution in [3.63, 3.8) is 0 Å². The van der Waals surface area contributed by atoms with Crippen molar-refractivity contribution in [1.82, 2.24) is 14.5 Å². The molecule has 0 atom stereocenters. The highest BCUT2D eigenvalue weighted by Gasteiger charge is 2.21. The molecular weight excluding hydrogens is 268 g/mol.